The minimum absolute atomic E-state index is 0.0615. The first-order valence-corrected chi connectivity index (χ1v) is 30.2. The number of urea groups is 1. The second-order valence-electron chi connectivity index (χ2n) is 18.9. The number of carbonyl (C=O) groups is 1. The van der Waals surface area contributed by atoms with E-state index in [0.717, 1.165) is 7.11 Å². The van der Waals surface area contributed by atoms with E-state index in [1.807, 2.05) is 0 Å². The number of piperazine rings is 1. The molecule has 0 aromatic heterocycles. The van der Waals surface area contributed by atoms with Crippen LogP contribution in [-0.2, 0) is 0 Å². The van der Waals surface area contributed by atoms with Gasteiger partial charge in [-0.25, -0.2) is 0 Å². The summed E-state index contributed by atoms with van der Waals surface area (Å²) in [6, 6.07) is 3.99. The molecule has 1 heterocycles. The van der Waals surface area contributed by atoms with Gasteiger partial charge < -0.3 is 0 Å². The quantitative estimate of drug-likeness (QED) is 0.0796. The molecule has 1 aliphatic heterocycles. The Bertz CT molecular complexity index is 2520. The molecule has 0 unspecified atom stereocenters. The molecule has 0 aliphatic carbocycles. The van der Waals surface area contributed by atoms with Gasteiger partial charge in [-0.15, -0.1) is 0 Å². The number of anilines is 2. The fourth-order valence-corrected chi connectivity index (χ4v) is 22.7. The molecule has 1 saturated heterocycles. The van der Waals surface area contributed by atoms with Gasteiger partial charge in [0, 0.05) is 0 Å². The van der Waals surface area contributed by atoms with E-state index in [4.69, 9.17) is 4.74 Å². The number of nitrogens with one attached hydrogen (secondary N) is 1. The summed E-state index contributed by atoms with van der Waals surface area (Å²) in [7, 11) is 1.13. The van der Waals surface area contributed by atoms with Crippen molar-refractivity contribution in [1.82, 2.24) is 4.90 Å². The Balaban J connectivity index is 2.53. The van der Waals surface area contributed by atoms with Gasteiger partial charge in [-0.3, -0.25) is 0 Å². The van der Waals surface area contributed by atoms with E-state index in [2.05, 4.69) is 0 Å². The summed E-state index contributed by atoms with van der Waals surface area (Å²) >= 11 is -8.69. The second-order valence-corrected chi connectivity index (χ2v) is 32.0. The standard InChI is InChI=1S/C18H20N3O2.3C8H4F13.Sn/c1-23-17-10-6-5-9-16(17)20-11-13-21(14-12-20)18(22)19-15-7-3-2-4-8-15;3*1-2-3(9,10)4(11,12)5(13,14)6(15,16)7(17,18)8(19,20)21;/h2-7,9-10H,11-14H2,1H3,(H,19,22);3*1-2H2;. The van der Waals surface area contributed by atoms with Crippen LogP contribution in [0.4, 0.5) is 187 Å². The Morgan fingerprint density at radius 1 is 0.391 bits per heavy atom. The van der Waals surface area contributed by atoms with E-state index in [9.17, 15) is 123 Å². The van der Waals surface area contributed by atoms with Crippen LogP contribution >= 0.6 is 0 Å². The third kappa shape index (κ3) is 12.4. The predicted molar refractivity (Wildman–Crippen MR) is 218 cm³/mol. The van der Waals surface area contributed by atoms with Crippen LogP contribution in [0.15, 0.2) is 48.5 Å². The molecule has 2 amide bonds. The summed E-state index contributed by atoms with van der Waals surface area (Å²) in [4.78, 5) is 15.6. The number of rotatable bonds is 25. The Hall–Kier alpha value is -4.62. The van der Waals surface area contributed by atoms with E-state index in [1.165, 1.54) is 34.5 Å². The van der Waals surface area contributed by atoms with Crippen LogP contribution in [-0.4, -0.2) is 170 Å². The molecular formula is C42H32F39N3O2Sn. The average molecular weight is 1470 g/mol. The number of nitrogens with zero attached hydrogens (tertiary/aromatic N) is 2. The van der Waals surface area contributed by atoms with Gasteiger partial charge in [0.25, 0.3) is 0 Å². The van der Waals surface area contributed by atoms with Crippen LogP contribution < -0.4 is 18.5 Å². The van der Waals surface area contributed by atoms with Gasteiger partial charge in [0.05, 0.1) is 0 Å². The molecule has 2 aromatic rings. The third-order valence-electron chi connectivity index (χ3n) is 13.5. The minimum atomic E-state index is -8.96. The number of benzene rings is 2. The van der Waals surface area contributed by atoms with Crippen molar-refractivity contribution in [2.75, 3.05) is 43.5 Å². The van der Waals surface area contributed by atoms with Crippen LogP contribution in [0.3, 0.4) is 0 Å². The Morgan fingerprint density at radius 2 is 0.667 bits per heavy atom. The fourth-order valence-electron chi connectivity index (χ4n) is 8.14. The monoisotopic (exact) mass is 1470 g/mol. The molecule has 0 saturated carbocycles. The second kappa shape index (κ2) is 23.2. The molecule has 1 fully saturated rings. The first kappa shape index (κ1) is 76.6. The van der Waals surface area contributed by atoms with Gasteiger partial charge in [0.15, 0.2) is 0 Å². The number of para-hydroxylation sites is 3. The van der Waals surface area contributed by atoms with Crippen molar-refractivity contribution in [2.45, 2.75) is 140 Å². The maximum atomic E-state index is 15.7. The van der Waals surface area contributed by atoms with E-state index < -0.39 is 187 Å². The van der Waals surface area contributed by atoms with Gasteiger partial charge in [0.1, 0.15) is 0 Å². The number of hydrogen-bond donors (Lipinski definition) is 1. The summed E-state index contributed by atoms with van der Waals surface area (Å²) in [5.74, 6) is -129. The van der Waals surface area contributed by atoms with E-state index in [0.29, 0.717) is 11.0 Å². The molecule has 1 aliphatic rings. The molecule has 3 rings (SSSR count). The summed E-state index contributed by atoms with van der Waals surface area (Å²) in [5.41, 5.74) is -1.49. The summed E-state index contributed by atoms with van der Waals surface area (Å²) < 4.78 is 549. The molecule has 87 heavy (non-hydrogen) atoms. The molecule has 0 atom stereocenters. The van der Waals surface area contributed by atoms with Gasteiger partial charge >= 0.3 is 463 Å². The predicted octanol–water partition coefficient (Wildman–Crippen LogP) is 17.1. The molecule has 0 spiro atoms. The molecule has 0 bridgehead atoms. The number of halogens is 39. The van der Waals surface area contributed by atoms with Crippen molar-refractivity contribution in [1.29, 1.82) is 0 Å². The number of hydrogen-bond acceptors (Lipinski definition) is 3. The van der Waals surface area contributed by atoms with E-state index in [-0.39, 0.29) is 42.7 Å². The van der Waals surface area contributed by atoms with Gasteiger partial charge in [-0.05, 0) is 0 Å². The molecular weight excluding hydrogens is 1440 g/mol. The third-order valence-corrected chi connectivity index (χ3v) is 28.3. The van der Waals surface area contributed by atoms with Crippen LogP contribution in [0.2, 0.25) is 13.3 Å². The molecule has 5 nitrogen and oxygen atoms in total. The zero-order valence-corrected chi connectivity index (χ0v) is 44.5. The number of ether oxygens (including phenoxy) is 1. The van der Waals surface area contributed by atoms with Crippen molar-refractivity contribution in [3.05, 3.63) is 48.5 Å². The fraction of sp³-hybridized carbons (Fsp3) is 0.690. The van der Waals surface area contributed by atoms with Gasteiger partial charge in [0.2, 0.25) is 0 Å². The molecule has 45 heteroatoms. The Labute approximate surface area is 462 Å². The zero-order chi connectivity index (χ0) is 68.7. The van der Waals surface area contributed by atoms with Crippen molar-refractivity contribution < 1.29 is 181 Å². The Kier molecular flexibility index (Phi) is 20.5. The van der Waals surface area contributed by atoms with E-state index in [1.54, 1.807) is 0 Å². The van der Waals surface area contributed by atoms with Gasteiger partial charge in [-0.1, -0.05) is 0 Å². The van der Waals surface area contributed by atoms with Crippen LogP contribution in [0.1, 0.15) is 19.3 Å². The van der Waals surface area contributed by atoms with E-state index >= 15 is 52.7 Å². The first-order valence-electron chi connectivity index (χ1n) is 22.7. The number of alkyl halides is 39. The topological polar surface area (TPSA) is 44.8 Å². The first-order chi connectivity index (χ1) is 38.3. The van der Waals surface area contributed by atoms with Crippen molar-refractivity contribution in [2.24, 2.45) is 0 Å². The molecule has 504 valence electrons. The van der Waals surface area contributed by atoms with Crippen LogP contribution in [0.5, 0.6) is 5.75 Å². The Morgan fingerprint density at radius 3 is 0.966 bits per heavy atom. The average Bonchev–Trinajstić information content (AvgIpc) is 0.752. The molecule has 1 N–H and O–H groups in total. The number of amides is 2. The van der Waals surface area contributed by atoms with Crippen molar-refractivity contribution in [3.8, 4) is 5.75 Å². The molecule has 0 radical (unpaired) electrons. The summed E-state index contributed by atoms with van der Waals surface area (Å²) in [6.45, 7) is -2.11. The number of carbonyl (C=O) groups excluding carboxylic acids is 1. The van der Waals surface area contributed by atoms with Crippen molar-refractivity contribution in [3.63, 3.8) is 0 Å². The number of methoxy groups -OCH3 is 1. The van der Waals surface area contributed by atoms with Gasteiger partial charge in [-0.2, -0.15) is 0 Å². The maximum absolute atomic E-state index is 15.7. The summed E-state index contributed by atoms with van der Waals surface area (Å²) in [5, 5.41) is 1.53. The van der Waals surface area contributed by atoms with Crippen LogP contribution in [0.25, 0.3) is 0 Å². The van der Waals surface area contributed by atoms with Crippen molar-refractivity contribution >= 4 is 39.4 Å². The molecule has 2 aromatic carbocycles. The SMILES string of the molecule is COc1ccccc1N1CCN(C(=O)Nc2cccc[c]2[Sn]([CH2]CC(F)(F)C(F)(F)C(F)(F)C(F)(F)C(F)(F)C(F)(F)F)([CH2]CC(F)(F)C(F)(F)C(F)(F)C(F)(F)C(F)(F)C(F)(F)F)[CH2]CC(F)(F)C(F)(F)C(F)(F)C(F)(F)C(F)(F)C(F)(F)F)CC1. The summed E-state index contributed by atoms with van der Waals surface area (Å²) in [6.07, 6.45) is -37.0. The normalized spacial score (nSPS) is 16.6. The zero-order valence-electron chi connectivity index (χ0n) is 41.6. The van der Waals surface area contributed by atoms with Crippen LogP contribution in [0, 0.1) is 0 Å².